The average Bonchev–Trinajstić information content (AvgIpc) is 3.77. The number of amides is 1. The van der Waals surface area contributed by atoms with E-state index in [4.69, 9.17) is 0 Å². The number of nitrogens with one attached hydrogen (secondary N) is 3. The van der Waals surface area contributed by atoms with Gasteiger partial charge in [-0.25, -0.2) is 19.7 Å². The number of carbonyl (C=O) groups excluding carboxylic acids is 1. The quantitative estimate of drug-likeness (QED) is 0.218. The summed E-state index contributed by atoms with van der Waals surface area (Å²) in [6.07, 6.45) is 5.62. The number of pyridine rings is 2. The minimum Gasteiger partial charge on any atom is -0.366 e. The number of rotatable bonds is 10. The molecule has 1 aliphatic carbocycles. The van der Waals surface area contributed by atoms with Crippen LogP contribution >= 0.6 is 0 Å². The van der Waals surface area contributed by atoms with E-state index in [1.807, 2.05) is 47.9 Å². The molecule has 0 unspecified atom stereocenters. The van der Waals surface area contributed by atoms with E-state index in [9.17, 15) is 18.8 Å². The molecule has 0 radical (unpaired) electrons. The van der Waals surface area contributed by atoms with Gasteiger partial charge in [0.25, 0.3) is 11.5 Å². The maximum atomic E-state index is 13.0. The third kappa shape index (κ3) is 5.55. The number of benzene rings is 1. The molecule has 1 fully saturated rings. The van der Waals surface area contributed by atoms with Crippen LogP contribution in [0.1, 0.15) is 53.7 Å². The highest BCUT2D eigenvalue weighted by Gasteiger charge is 2.31. The highest BCUT2D eigenvalue weighted by molar-refractivity contribution is 5.93. The fourth-order valence-electron chi connectivity index (χ4n) is 4.86. The van der Waals surface area contributed by atoms with Crippen molar-refractivity contribution >= 4 is 22.9 Å². The Balaban J connectivity index is 1.12. The molecule has 0 spiro atoms. The van der Waals surface area contributed by atoms with Crippen LogP contribution in [0.25, 0.3) is 22.6 Å². The Morgan fingerprint density at radius 3 is 2.40 bits per heavy atom. The lowest BCUT2D eigenvalue weighted by Gasteiger charge is -2.12. The lowest BCUT2D eigenvalue weighted by atomic mass is 10.1. The Hall–Kier alpha value is -5.13. The fraction of sp³-hybridized carbons (Fsp3) is 0.267. The van der Waals surface area contributed by atoms with Gasteiger partial charge in [-0.15, -0.1) is 0 Å². The number of imidazole rings is 1. The van der Waals surface area contributed by atoms with E-state index in [1.54, 1.807) is 10.8 Å². The predicted octanol–water partition coefficient (Wildman–Crippen LogP) is 3.77. The Morgan fingerprint density at radius 1 is 1.00 bits per heavy atom. The van der Waals surface area contributed by atoms with Gasteiger partial charge in [0.15, 0.2) is 11.2 Å². The summed E-state index contributed by atoms with van der Waals surface area (Å²) >= 11 is 0. The zero-order chi connectivity index (χ0) is 29.2. The zero-order valence-electron chi connectivity index (χ0n) is 22.9. The maximum absolute atomic E-state index is 13.0. The van der Waals surface area contributed by atoms with E-state index in [0.29, 0.717) is 42.5 Å². The normalized spacial score (nSPS) is 12.9. The molecule has 0 atom stereocenters. The van der Waals surface area contributed by atoms with Crippen LogP contribution in [0.5, 0.6) is 0 Å². The minimum absolute atomic E-state index is 0.198. The van der Waals surface area contributed by atoms with Crippen molar-refractivity contribution in [1.29, 1.82) is 0 Å². The van der Waals surface area contributed by atoms with Crippen LogP contribution in [-0.2, 0) is 19.6 Å². The summed E-state index contributed by atoms with van der Waals surface area (Å²) in [5.41, 5.74) is 2.96. The zero-order valence-corrected chi connectivity index (χ0v) is 22.9. The van der Waals surface area contributed by atoms with E-state index < -0.39 is 17.2 Å². The second kappa shape index (κ2) is 11.4. The first-order valence-corrected chi connectivity index (χ1v) is 13.8. The molecule has 1 aromatic carbocycles. The van der Waals surface area contributed by atoms with Crippen LogP contribution in [0.3, 0.4) is 0 Å². The third-order valence-corrected chi connectivity index (χ3v) is 7.14. The molecule has 6 rings (SSSR count). The number of aromatic nitrogens is 6. The van der Waals surface area contributed by atoms with Gasteiger partial charge >= 0.3 is 5.69 Å². The molecule has 5 aromatic rings. The number of carbonyl (C=O) groups is 1. The molecule has 214 valence electrons. The summed E-state index contributed by atoms with van der Waals surface area (Å²) in [6.45, 7) is 3.36. The molecule has 0 aliphatic heterocycles. The van der Waals surface area contributed by atoms with Gasteiger partial charge < -0.3 is 15.2 Å². The summed E-state index contributed by atoms with van der Waals surface area (Å²) in [4.78, 5) is 52.5. The summed E-state index contributed by atoms with van der Waals surface area (Å²) in [5.74, 6) is 0.357. The number of nitrogens with zero attached hydrogens (tertiary/aromatic N) is 5. The first-order valence-electron chi connectivity index (χ1n) is 13.8. The van der Waals surface area contributed by atoms with Crippen LogP contribution < -0.4 is 21.9 Å². The molecule has 4 aromatic heterocycles. The molecular formula is C30H29FN8O3. The van der Waals surface area contributed by atoms with Crippen LogP contribution in [0, 0.1) is 5.95 Å². The van der Waals surface area contributed by atoms with Crippen molar-refractivity contribution in [2.75, 3.05) is 5.32 Å². The van der Waals surface area contributed by atoms with Gasteiger partial charge in [0.1, 0.15) is 11.6 Å². The van der Waals surface area contributed by atoms with Gasteiger partial charge in [0, 0.05) is 43.6 Å². The number of halogens is 1. The second-order valence-electron chi connectivity index (χ2n) is 10.3. The van der Waals surface area contributed by atoms with Gasteiger partial charge in [0.2, 0.25) is 5.95 Å². The molecule has 1 saturated carbocycles. The predicted molar refractivity (Wildman–Crippen MR) is 156 cm³/mol. The van der Waals surface area contributed by atoms with Gasteiger partial charge in [-0.2, -0.15) is 4.39 Å². The first-order chi connectivity index (χ1) is 20.4. The van der Waals surface area contributed by atoms with Gasteiger partial charge in [-0.3, -0.25) is 19.1 Å². The lowest BCUT2D eigenvalue weighted by molar-refractivity contribution is 0.0950. The van der Waals surface area contributed by atoms with E-state index in [1.165, 1.54) is 12.3 Å². The lowest BCUT2D eigenvalue weighted by Crippen LogP contribution is -2.31. The summed E-state index contributed by atoms with van der Waals surface area (Å²) in [6, 6.07) is 14.3. The molecule has 12 heteroatoms. The van der Waals surface area contributed by atoms with Gasteiger partial charge in [-0.05, 0) is 54.7 Å². The molecular weight excluding hydrogens is 539 g/mol. The summed E-state index contributed by atoms with van der Waals surface area (Å²) < 4.78 is 16.6. The monoisotopic (exact) mass is 568 g/mol. The van der Waals surface area contributed by atoms with E-state index in [2.05, 4.69) is 30.6 Å². The molecule has 0 bridgehead atoms. The van der Waals surface area contributed by atoms with E-state index in [-0.39, 0.29) is 17.5 Å². The van der Waals surface area contributed by atoms with Crippen molar-refractivity contribution in [3.8, 4) is 11.4 Å². The number of fused-ring (bicyclic) bond motifs is 1. The Morgan fingerprint density at radius 2 is 1.76 bits per heavy atom. The average molecular weight is 569 g/mol. The molecule has 11 nitrogen and oxygen atoms in total. The first kappa shape index (κ1) is 27.1. The number of H-pyrrole nitrogens is 1. The molecule has 1 amide bonds. The highest BCUT2D eigenvalue weighted by Crippen LogP contribution is 2.40. The summed E-state index contributed by atoms with van der Waals surface area (Å²) in [5, 5.41) is 6.11. The van der Waals surface area contributed by atoms with Crippen LogP contribution in [0.2, 0.25) is 0 Å². The summed E-state index contributed by atoms with van der Waals surface area (Å²) in [7, 11) is 0. The van der Waals surface area contributed by atoms with Crippen molar-refractivity contribution < 1.29 is 9.18 Å². The topological polar surface area (TPSA) is 140 Å². The number of hydrogen-bond donors (Lipinski definition) is 3. The second-order valence-corrected chi connectivity index (χ2v) is 10.3. The van der Waals surface area contributed by atoms with Gasteiger partial charge in [-0.1, -0.05) is 31.2 Å². The van der Waals surface area contributed by atoms with Crippen LogP contribution in [0.15, 0.2) is 70.5 Å². The molecule has 3 N–H and O–H groups in total. The van der Waals surface area contributed by atoms with Gasteiger partial charge in [0.05, 0.1) is 5.56 Å². The maximum Gasteiger partial charge on any atom is 0.330 e. The Bertz CT molecular complexity index is 1860. The standard InChI is InChI=1S/C30H29FN8O3/c1-2-13-38-29-25(28(41)37-30(38)42)36-26(39(29)22-9-10-22)20-8-12-24(34-16-20)33-14-18-3-5-19(6-4-18)15-35-27(40)21-7-11-23(31)32-17-21/h3-8,11-12,16-17,22H,2,9-10,13-15H2,1H3,(H,33,34)(H,35,40)(H,37,41,42). The number of aromatic amines is 1. The van der Waals surface area contributed by atoms with Crippen LogP contribution in [0.4, 0.5) is 10.2 Å². The Kier molecular flexibility index (Phi) is 7.34. The largest absolute Gasteiger partial charge is 0.366 e. The number of anilines is 1. The van der Waals surface area contributed by atoms with Crippen molar-refractivity contribution in [3.63, 3.8) is 0 Å². The van der Waals surface area contributed by atoms with E-state index >= 15 is 0 Å². The Labute approximate surface area is 239 Å². The number of hydrogen-bond acceptors (Lipinski definition) is 7. The molecule has 4 heterocycles. The fourth-order valence-corrected chi connectivity index (χ4v) is 4.86. The number of aryl methyl sites for hydroxylation is 1. The van der Waals surface area contributed by atoms with Crippen molar-refractivity contribution in [2.45, 2.75) is 51.9 Å². The van der Waals surface area contributed by atoms with Crippen molar-refractivity contribution in [3.05, 3.63) is 104 Å². The molecule has 0 saturated heterocycles. The van der Waals surface area contributed by atoms with E-state index in [0.717, 1.165) is 42.0 Å². The van der Waals surface area contributed by atoms with Crippen molar-refractivity contribution in [2.24, 2.45) is 0 Å². The molecule has 1 aliphatic rings. The molecule has 42 heavy (non-hydrogen) atoms. The smallest absolute Gasteiger partial charge is 0.330 e. The van der Waals surface area contributed by atoms with Crippen LogP contribution in [-0.4, -0.2) is 35.0 Å². The third-order valence-electron chi connectivity index (χ3n) is 7.14. The minimum atomic E-state index is -0.631. The van der Waals surface area contributed by atoms with Crippen molar-refractivity contribution in [1.82, 2.24) is 34.4 Å². The highest BCUT2D eigenvalue weighted by atomic mass is 19.1. The SMILES string of the molecule is CCCn1c(=O)[nH]c(=O)c2nc(-c3ccc(NCc4ccc(CNC(=O)c5ccc(F)nc5)cc4)nc3)n(C3CC3)c21.